The molecule has 0 bridgehead atoms. The number of ether oxygens (including phenoxy) is 1. The minimum Gasteiger partial charge on any atom is -0.478 e. The quantitative estimate of drug-likeness (QED) is 0.314. The monoisotopic (exact) mass is 602 g/mol. The molecule has 2 aliphatic rings. The fourth-order valence-electron chi connectivity index (χ4n) is 4.75. The molecular weight excluding hydrogens is 563 g/mol. The Kier molecular flexibility index (Phi) is 13.1. The van der Waals surface area contributed by atoms with Crippen LogP contribution < -0.4 is 14.7 Å². The van der Waals surface area contributed by atoms with Gasteiger partial charge in [0.05, 0.1) is 28.5 Å². The van der Waals surface area contributed by atoms with E-state index in [1.54, 1.807) is 21.9 Å². The van der Waals surface area contributed by atoms with Crippen molar-refractivity contribution in [2.24, 2.45) is 0 Å². The van der Waals surface area contributed by atoms with Crippen LogP contribution in [-0.4, -0.2) is 48.0 Å². The molecule has 4 rings (SSSR count). The second-order valence-corrected chi connectivity index (χ2v) is 9.52. The van der Waals surface area contributed by atoms with Gasteiger partial charge in [0.1, 0.15) is 18.0 Å². The predicted octanol–water partition coefficient (Wildman–Crippen LogP) is 7.03. The number of carboxylic acids is 1. The van der Waals surface area contributed by atoms with Crippen molar-refractivity contribution in [1.29, 1.82) is 5.26 Å². The number of amides is 1. The number of anilines is 3. The number of fused-ring (bicyclic) bond motifs is 1. The van der Waals surface area contributed by atoms with E-state index < -0.39 is 30.1 Å². The lowest BCUT2D eigenvalue weighted by Gasteiger charge is -2.35. The lowest BCUT2D eigenvalue weighted by Crippen LogP contribution is -2.30. The molecule has 2 heterocycles. The summed E-state index contributed by atoms with van der Waals surface area (Å²) in [6.45, 7) is 13.2. The fraction of sp³-hybridized carbons (Fsp3) is 0.452. The van der Waals surface area contributed by atoms with Crippen molar-refractivity contribution < 1.29 is 28.9 Å². The number of cyclic esters (lactones) is 1. The van der Waals surface area contributed by atoms with E-state index in [0.29, 0.717) is 43.9 Å². The summed E-state index contributed by atoms with van der Waals surface area (Å²) in [6, 6.07) is 10.2. The molecule has 2 atom stereocenters. The maximum Gasteiger partial charge on any atom is 0.415 e. The molecule has 2 aliphatic heterocycles. The molecule has 1 fully saturated rings. The summed E-state index contributed by atoms with van der Waals surface area (Å²) in [6.07, 6.45) is -0.184. The summed E-state index contributed by atoms with van der Waals surface area (Å²) in [5, 5.41) is 29.3. The smallest absolute Gasteiger partial charge is 0.415 e. The van der Waals surface area contributed by atoms with E-state index in [9.17, 15) is 19.8 Å². The molecule has 1 saturated heterocycles. The van der Waals surface area contributed by atoms with Gasteiger partial charge in [-0.05, 0) is 36.6 Å². The van der Waals surface area contributed by atoms with E-state index in [2.05, 4.69) is 0 Å². The van der Waals surface area contributed by atoms with Crippen LogP contribution in [-0.2, 0) is 16.1 Å². The normalized spacial score (nSPS) is 17.0. The van der Waals surface area contributed by atoms with Crippen molar-refractivity contribution in [1.82, 2.24) is 0 Å². The molecule has 42 heavy (non-hydrogen) atoms. The second-order valence-electron chi connectivity index (χ2n) is 9.14. The van der Waals surface area contributed by atoms with Gasteiger partial charge < -0.3 is 24.7 Å². The molecule has 2 unspecified atom stereocenters. The molecule has 2 aromatic carbocycles. The number of hydrogen-bond acceptors (Lipinski definition) is 7. The zero-order chi connectivity index (χ0) is 31.6. The van der Waals surface area contributed by atoms with Gasteiger partial charge in [-0.1, -0.05) is 65.3 Å². The van der Waals surface area contributed by atoms with Crippen molar-refractivity contribution in [3.05, 3.63) is 64.1 Å². The molecule has 2 aromatic rings. The highest BCUT2D eigenvalue weighted by Gasteiger charge is 2.35. The highest BCUT2D eigenvalue weighted by atomic mass is 35.5. The van der Waals surface area contributed by atoms with Crippen LogP contribution in [0, 0.1) is 17.1 Å². The number of aliphatic hydroxyl groups excluding tert-OH is 1. The van der Waals surface area contributed by atoms with Gasteiger partial charge in [0.25, 0.3) is 0 Å². The standard InChI is InChI=1S/C27H28ClFN4O5.2C2H6/c1-3-9-31(13-16-5-7-17(8-6-16)33-14-18(12-30)38-27(33)37)24-21(29)11-19-23(22(24)28)32(10-4-2)15-20(25(19)34)26(35)36;2*1-2/h5-8,11,15,18,25,34H,3-4,9-10,13-14H2,1-2H3,(H,35,36);2*1-2H3. The van der Waals surface area contributed by atoms with Gasteiger partial charge in [-0.2, -0.15) is 5.26 Å². The van der Waals surface area contributed by atoms with Gasteiger partial charge in [-0.15, -0.1) is 0 Å². The largest absolute Gasteiger partial charge is 0.478 e. The molecule has 0 spiro atoms. The number of carbonyl (C=O) groups is 2. The third kappa shape index (κ3) is 7.33. The second kappa shape index (κ2) is 16.0. The fourth-order valence-corrected chi connectivity index (χ4v) is 5.18. The Balaban J connectivity index is 0.00000148. The van der Waals surface area contributed by atoms with E-state index in [4.69, 9.17) is 21.6 Å². The SMILES string of the molecule is CC.CC.CCCN1C=C(C(=O)O)C(O)c2cc(F)c(N(CCC)Cc3ccc(N4CC(C#N)OC4=O)cc3)c(Cl)c21. The number of carbonyl (C=O) groups excluding carboxylic acids is 1. The van der Waals surface area contributed by atoms with Crippen LogP contribution in [0.2, 0.25) is 5.02 Å². The van der Waals surface area contributed by atoms with E-state index in [0.717, 1.165) is 11.6 Å². The highest BCUT2D eigenvalue weighted by molar-refractivity contribution is 6.36. The van der Waals surface area contributed by atoms with Gasteiger partial charge in [0.15, 0.2) is 0 Å². The summed E-state index contributed by atoms with van der Waals surface area (Å²) in [5.74, 6) is -1.95. The number of aliphatic hydroxyl groups is 1. The number of aliphatic carboxylic acids is 1. The molecule has 1 amide bonds. The van der Waals surface area contributed by atoms with Gasteiger partial charge in [-0.25, -0.2) is 14.0 Å². The summed E-state index contributed by atoms with van der Waals surface area (Å²) in [4.78, 5) is 28.6. The Hall–Kier alpha value is -3.81. The summed E-state index contributed by atoms with van der Waals surface area (Å²) in [7, 11) is 0. The molecule has 228 valence electrons. The predicted molar refractivity (Wildman–Crippen MR) is 163 cm³/mol. The Bertz CT molecular complexity index is 1310. The van der Waals surface area contributed by atoms with Crippen molar-refractivity contribution in [3.63, 3.8) is 0 Å². The van der Waals surface area contributed by atoms with Crippen LogP contribution >= 0.6 is 11.6 Å². The van der Waals surface area contributed by atoms with Gasteiger partial charge >= 0.3 is 12.1 Å². The topological polar surface area (TPSA) is 117 Å². The Morgan fingerprint density at radius 1 is 1.19 bits per heavy atom. The molecule has 11 heteroatoms. The molecule has 0 aliphatic carbocycles. The summed E-state index contributed by atoms with van der Waals surface area (Å²) in [5.41, 5.74) is 1.83. The summed E-state index contributed by atoms with van der Waals surface area (Å²) >= 11 is 6.81. The Morgan fingerprint density at radius 3 is 2.36 bits per heavy atom. The average Bonchev–Trinajstić information content (AvgIpc) is 3.37. The number of nitrogens with zero attached hydrogens (tertiary/aromatic N) is 4. The van der Waals surface area contributed by atoms with Crippen LogP contribution in [0.25, 0.3) is 0 Å². The Labute approximate surface area is 252 Å². The van der Waals surface area contributed by atoms with Crippen LogP contribution in [0.5, 0.6) is 0 Å². The van der Waals surface area contributed by atoms with E-state index in [1.807, 2.05) is 59.7 Å². The van der Waals surface area contributed by atoms with Gasteiger partial charge in [-0.3, -0.25) is 4.90 Å². The lowest BCUT2D eigenvalue weighted by atomic mass is 9.95. The van der Waals surface area contributed by atoms with Crippen LogP contribution in [0.3, 0.4) is 0 Å². The number of carboxylic acid groups (broad SMARTS) is 1. The Morgan fingerprint density at radius 2 is 1.83 bits per heavy atom. The van der Waals surface area contributed by atoms with Gasteiger partial charge in [0.2, 0.25) is 6.10 Å². The minimum absolute atomic E-state index is 0.0978. The first-order chi connectivity index (χ1) is 20.2. The van der Waals surface area contributed by atoms with E-state index in [-0.39, 0.29) is 28.4 Å². The zero-order valence-corrected chi connectivity index (χ0v) is 25.8. The maximum atomic E-state index is 15.6. The average molecular weight is 603 g/mol. The minimum atomic E-state index is -1.51. The number of halogens is 2. The van der Waals surface area contributed by atoms with Crippen LogP contribution in [0.15, 0.2) is 42.1 Å². The van der Waals surface area contributed by atoms with Crippen molar-refractivity contribution in [2.45, 2.75) is 73.1 Å². The maximum absolute atomic E-state index is 15.6. The van der Waals surface area contributed by atoms with E-state index >= 15 is 4.39 Å². The van der Waals surface area contributed by atoms with Gasteiger partial charge in [0, 0.05) is 37.1 Å². The zero-order valence-electron chi connectivity index (χ0n) is 25.0. The first-order valence-electron chi connectivity index (χ1n) is 14.3. The highest BCUT2D eigenvalue weighted by Crippen LogP contribution is 2.47. The molecule has 0 aromatic heterocycles. The number of nitriles is 1. The molecular formula is C31H40ClFN4O5. The summed E-state index contributed by atoms with van der Waals surface area (Å²) < 4.78 is 20.6. The third-order valence-corrected chi connectivity index (χ3v) is 6.83. The first kappa shape index (κ1) is 34.4. The first-order valence-corrected chi connectivity index (χ1v) is 14.7. The molecule has 9 nitrogen and oxygen atoms in total. The number of hydrogen-bond donors (Lipinski definition) is 2. The number of benzene rings is 2. The number of rotatable bonds is 9. The lowest BCUT2D eigenvalue weighted by molar-refractivity contribution is -0.133. The van der Waals surface area contributed by atoms with Crippen LogP contribution in [0.1, 0.15) is 71.6 Å². The molecule has 0 radical (unpaired) electrons. The van der Waals surface area contributed by atoms with Crippen LogP contribution in [0.4, 0.5) is 26.2 Å². The third-order valence-electron chi connectivity index (χ3n) is 6.47. The van der Waals surface area contributed by atoms with Crippen molar-refractivity contribution >= 4 is 40.7 Å². The molecule has 0 saturated carbocycles. The van der Waals surface area contributed by atoms with Crippen molar-refractivity contribution in [2.75, 3.05) is 34.3 Å². The van der Waals surface area contributed by atoms with E-state index in [1.165, 1.54) is 11.1 Å². The molecule has 2 N–H and O–H groups in total. The van der Waals surface area contributed by atoms with Crippen molar-refractivity contribution in [3.8, 4) is 6.07 Å².